The fraction of sp³-hybridized carbons (Fsp3) is 0.565. The van der Waals surface area contributed by atoms with Gasteiger partial charge in [0, 0.05) is 23.3 Å². The zero-order valence-electron chi connectivity index (χ0n) is 18.2. The van der Waals surface area contributed by atoms with E-state index in [1.54, 1.807) is 29.2 Å². The average Bonchev–Trinajstić information content (AvgIpc) is 3.54. The van der Waals surface area contributed by atoms with Crippen molar-refractivity contribution in [2.75, 3.05) is 6.61 Å². The molecular weight excluding hydrogens is 467 g/mol. The highest BCUT2D eigenvalue weighted by atomic mass is 35.5. The van der Waals surface area contributed by atoms with Gasteiger partial charge >= 0.3 is 0 Å². The van der Waals surface area contributed by atoms with Crippen LogP contribution in [0.3, 0.4) is 0 Å². The fourth-order valence-electron chi connectivity index (χ4n) is 5.58. The van der Waals surface area contributed by atoms with Gasteiger partial charge in [0.1, 0.15) is 10.9 Å². The highest BCUT2D eigenvalue weighted by Crippen LogP contribution is 2.60. The number of hydrogen-bond acceptors (Lipinski definition) is 5. The van der Waals surface area contributed by atoms with Crippen LogP contribution in [0.25, 0.3) is 10.9 Å². The largest absolute Gasteiger partial charge is 0.396 e. The molecule has 2 aliphatic carbocycles. The van der Waals surface area contributed by atoms with Crippen LogP contribution in [0, 0.1) is 17.3 Å². The molecule has 176 valence electrons. The van der Waals surface area contributed by atoms with E-state index in [4.69, 9.17) is 28.9 Å². The van der Waals surface area contributed by atoms with Gasteiger partial charge in [-0.15, -0.1) is 23.2 Å². The molecule has 3 fully saturated rings. The third kappa shape index (κ3) is 3.72. The van der Waals surface area contributed by atoms with Crippen molar-refractivity contribution in [1.82, 2.24) is 14.7 Å². The highest BCUT2D eigenvalue weighted by molar-refractivity contribution is 6.50. The molecule has 8 nitrogen and oxygen atoms in total. The highest BCUT2D eigenvalue weighted by Gasteiger charge is 2.67. The number of piperidine rings is 1. The number of alkyl halides is 2. The summed E-state index contributed by atoms with van der Waals surface area (Å²) in [6.45, 7) is 1.77. The van der Waals surface area contributed by atoms with E-state index in [-0.39, 0.29) is 54.8 Å². The lowest BCUT2D eigenvalue weighted by molar-refractivity contribution is -0.139. The number of rotatable bonds is 8. The lowest BCUT2D eigenvalue weighted by Gasteiger charge is -2.27. The topological polar surface area (TPSA) is 119 Å². The van der Waals surface area contributed by atoms with Crippen molar-refractivity contribution in [3.05, 3.63) is 30.0 Å². The molecule has 2 saturated carbocycles. The van der Waals surface area contributed by atoms with Crippen molar-refractivity contribution in [2.45, 2.75) is 55.6 Å². The number of hydrogen-bond donors (Lipinski definition) is 2. The fourth-order valence-corrected chi connectivity index (χ4v) is 6.34. The molecular formula is C23H26Cl2N4O4. The number of aromatic nitrogens is 2. The molecule has 2 amide bonds. The van der Waals surface area contributed by atoms with E-state index in [1.807, 2.05) is 6.92 Å². The molecule has 0 unspecified atom stereocenters. The van der Waals surface area contributed by atoms with Gasteiger partial charge in [-0.3, -0.25) is 19.1 Å². The zero-order chi connectivity index (χ0) is 23.7. The Hall–Kier alpha value is -2.16. The first kappa shape index (κ1) is 22.6. The Morgan fingerprint density at radius 2 is 1.94 bits per heavy atom. The van der Waals surface area contributed by atoms with Crippen LogP contribution in [0.1, 0.15) is 43.1 Å². The Bertz CT molecular complexity index is 1160. The number of carbonyl (C=O) groups excluding carboxylic acids is 3. The van der Waals surface area contributed by atoms with E-state index in [0.29, 0.717) is 30.2 Å². The van der Waals surface area contributed by atoms with E-state index in [9.17, 15) is 19.5 Å². The number of benzene rings is 1. The van der Waals surface area contributed by atoms with Gasteiger partial charge in [-0.1, -0.05) is 25.1 Å². The summed E-state index contributed by atoms with van der Waals surface area (Å²) < 4.78 is 0.696. The van der Waals surface area contributed by atoms with E-state index in [0.717, 1.165) is 0 Å². The first-order valence-electron chi connectivity index (χ1n) is 11.2. The summed E-state index contributed by atoms with van der Waals surface area (Å²) in [5.41, 5.74) is 5.78. The van der Waals surface area contributed by atoms with Crippen LogP contribution < -0.4 is 5.73 Å². The number of primary amides is 1. The van der Waals surface area contributed by atoms with Gasteiger partial charge in [0.2, 0.25) is 5.91 Å². The Balaban J connectivity index is 1.38. The second-order valence-electron chi connectivity index (χ2n) is 9.87. The van der Waals surface area contributed by atoms with Crippen LogP contribution >= 0.6 is 23.2 Å². The van der Waals surface area contributed by atoms with Gasteiger partial charge in [0.15, 0.2) is 11.5 Å². The number of fused-ring (bicyclic) bond motifs is 2. The summed E-state index contributed by atoms with van der Waals surface area (Å²) in [5, 5.41) is 14.8. The molecule has 1 aliphatic heterocycles. The number of para-hydroxylation sites is 1. The average molecular weight is 493 g/mol. The number of nitrogens with two attached hydrogens (primary N) is 1. The predicted molar refractivity (Wildman–Crippen MR) is 123 cm³/mol. The summed E-state index contributed by atoms with van der Waals surface area (Å²) in [6, 6.07) is 6.31. The molecule has 0 radical (unpaired) electrons. The quantitative estimate of drug-likeness (QED) is 0.547. The summed E-state index contributed by atoms with van der Waals surface area (Å²) in [4.78, 5) is 40.2. The SMILES string of the molecule is C[C@@H](CC(=O)[C@@H]1C[C@@]2(CO)C[C@H]2N1C(=O)Cn1nc(C(N)=O)c2ccccc21)[C@H]1CC1(Cl)Cl. The van der Waals surface area contributed by atoms with Crippen LogP contribution in [0.2, 0.25) is 0 Å². The maximum Gasteiger partial charge on any atom is 0.269 e. The van der Waals surface area contributed by atoms with Crippen molar-refractivity contribution in [3.63, 3.8) is 0 Å². The molecule has 2 aromatic rings. The maximum atomic E-state index is 13.5. The van der Waals surface area contributed by atoms with Crippen molar-refractivity contribution >= 4 is 51.7 Å². The number of Topliss-reactive ketones (excluding diaryl/α,β-unsaturated/α-hetero) is 1. The second-order valence-corrected chi connectivity index (χ2v) is 11.4. The van der Waals surface area contributed by atoms with Crippen molar-refractivity contribution in [3.8, 4) is 0 Å². The van der Waals surface area contributed by atoms with Crippen molar-refractivity contribution < 1.29 is 19.5 Å². The van der Waals surface area contributed by atoms with Crippen LogP contribution in [0.5, 0.6) is 0 Å². The molecule has 1 aromatic carbocycles. The van der Waals surface area contributed by atoms with Gasteiger partial charge in [0.05, 0.1) is 18.2 Å². The van der Waals surface area contributed by atoms with Crippen LogP contribution in [-0.4, -0.2) is 60.4 Å². The van der Waals surface area contributed by atoms with E-state index >= 15 is 0 Å². The molecule has 0 spiro atoms. The summed E-state index contributed by atoms with van der Waals surface area (Å²) in [7, 11) is 0. The van der Waals surface area contributed by atoms with Gasteiger partial charge < -0.3 is 15.7 Å². The van der Waals surface area contributed by atoms with Crippen molar-refractivity contribution in [1.29, 1.82) is 0 Å². The molecule has 5 atom stereocenters. The Labute approximate surface area is 201 Å². The van der Waals surface area contributed by atoms with E-state index in [2.05, 4.69) is 5.10 Å². The number of aliphatic hydroxyl groups excluding tert-OH is 1. The Morgan fingerprint density at radius 3 is 2.58 bits per heavy atom. The number of aliphatic hydroxyl groups is 1. The smallest absolute Gasteiger partial charge is 0.269 e. The van der Waals surface area contributed by atoms with E-state index in [1.165, 1.54) is 4.68 Å². The minimum absolute atomic E-state index is 0.0136. The Kier molecular flexibility index (Phi) is 5.27. The first-order chi connectivity index (χ1) is 15.6. The lowest BCUT2D eigenvalue weighted by Crippen LogP contribution is -2.45. The van der Waals surface area contributed by atoms with Crippen molar-refractivity contribution in [2.24, 2.45) is 23.0 Å². The third-order valence-electron chi connectivity index (χ3n) is 7.65. The summed E-state index contributed by atoms with van der Waals surface area (Å²) in [6.07, 6.45) is 2.08. The number of likely N-dealkylation sites (tertiary alicyclic amines) is 1. The van der Waals surface area contributed by atoms with E-state index < -0.39 is 21.7 Å². The zero-order valence-corrected chi connectivity index (χ0v) is 19.7. The molecule has 10 heteroatoms. The minimum atomic E-state index is -0.765. The molecule has 5 rings (SSSR count). The van der Waals surface area contributed by atoms with Gasteiger partial charge in [-0.25, -0.2) is 0 Å². The van der Waals surface area contributed by atoms with Crippen LogP contribution in [-0.2, 0) is 16.1 Å². The second kappa shape index (κ2) is 7.68. The first-order valence-corrected chi connectivity index (χ1v) is 11.9. The number of halogens is 2. The predicted octanol–water partition coefficient (Wildman–Crippen LogP) is 2.28. The van der Waals surface area contributed by atoms with Gasteiger partial charge in [-0.05, 0) is 37.2 Å². The lowest BCUT2D eigenvalue weighted by atomic mass is 9.91. The molecule has 0 bridgehead atoms. The Morgan fingerprint density at radius 1 is 1.24 bits per heavy atom. The summed E-state index contributed by atoms with van der Waals surface area (Å²) >= 11 is 12.4. The third-order valence-corrected chi connectivity index (χ3v) is 8.52. The maximum absolute atomic E-state index is 13.5. The normalized spacial score (nSPS) is 30.2. The molecule has 1 saturated heterocycles. The van der Waals surface area contributed by atoms with Crippen LogP contribution in [0.4, 0.5) is 0 Å². The molecule has 1 aromatic heterocycles. The molecule has 33 heavy (non-hydrogen) atoms. The van der Waals surface area contributed by atoms with Crippen LogP contribution in [0.15, 0.2) is 24.3 Å². The monoisotopic (exact) mass is 492 g/mol. The van der Waals surface area contributed by atoms with Gasteiger partial charge in [-0.2, -0.15) is 5.10 Å². The molecule has 3 N–H and O–H groups in total. The number of carbonyl (C=O) groups is 3. The molecule has 2 heterocycles. The standard InChI is InChI=1S/C23H26Cl2N4O4/c1-12(14-7-23(14,24)25)6-17(31)16-8-22(11-30)9-18(22)29(16)19(32)10-28-15-5-3-2-4-13(15)20(27-28)21(26)33/h2-5,12,14,16,18,30H,6-11H2,1H3,(H2,26,33)/t12-,14+,16-,18+,22-/m0/s1. The number of ketones is 1. The minimum Gasteiger partial charge on any atom is -0.396 e. The summed E-state index contributed by atoms with van der Waals surface area (Å²) in [5.74, 6) is -0.885. The van der Waals surface area contributed by atoms with Gasteiger partial charge in [0.25, 0.3) is 5.91 Å². The molecule has 3 aliphatic rings. The number of amides is 2. The number of nitrogens with zero attached hydrogens (tertiary/aromatic N) is 3.